The second kappa shape index (κ2) is 3.63. The lowest BCUT2D eigenvalue weighted by atomic mass is 10.0. The summed E-state index contributed by atoms with van der Waals surface area (Å²) in [6, 6.07) is 6.24. The van der Waals surface area contributed by atoms with Gasteiger partial charge in [0, 0.05) is 29.7 Å². The molecule has 18 heavy (non-hydrogen) atoms. The number of fused-ring (bicyclic) bond motifs is 1. The first-order valence-electron chi connectivity index (χ1n) is 5.95. The van der Waals surface area contributed by atoms with Crippen LogP contribution in [0.5, 0.6) is 0 Å². The van der Waals surface area contributed by atoms with Crippen molar-refractivity contribution in [2.75, 3.05) is 5.73 Å². The molecule has 0 saturated heterocycles. The van der Waals surface area contributed by atoms with E-state index in [0.717, 1.165) is 28.2 Å². The summed E-state index contributed by atoms with van der Waals surface area (Å²) in [6.45, 7) is 4.04. The van der Waals surface area contributed by atoms with Crippen molar-refractivity contribution < 1.29 is 0 Å². The molecule has 0 bridgehead atoms. The Labute approximate surface area is 105 Å². The lowest BCUT2D eigenvalue weighted by Crippen LogP contribution is -1.95. The van der Waals surface area contributed by atoms with E-state index in [1.54, 1.807) is 0 Å². The van der Waals surface area contributed by atoms with Crippen molar-refractivity contribution in [1.82, 2.24) is 14.8 Å². The molecule has 92 valence electrons. The van der Waals surface area contributed by atoms with E-state index in [0.29, 0.717) is 0 Å². The summed E-state index contributed by atoms with van der Waals surface area (Å²) in [6.07, 6.45) is 2.00. The number of benzene rings is 1. The molecule has 2 heterocycles. The highest BCUT2D eigenvalue weighted by Gasteiger charge is 2.16. The Kier molecular flexibility index (Phi) is 2.20. The van der Waals surface area contributed by atoms with E-state index in [1.165, 1.54) is 10.9 Å². The monoisotopic (exact) mass is 240 g/mol. The number of nitrogens with two attached hydrogens (primary N) is 1. The van der Waals surface area contributed by atoms with E-state index in [1.807, 2.05) is 24.9 Å². The highest BCUT2D eigenvalue weighted by Crippen LogP contribution is 2.34. The first-order chi connectivity index (χ1) is 8.59. The van der Waals surface area contributed by atoms with Crippen LogP contribution in [-0.2, 0) is 7.05 Å². The minimum Gasteiger partial charge on any atom is -0.395 e. The number of nitrogens with zero attached hydrogens (tertiary/aromatic N) is 2. The Morgan fingerprint density at radius 3 is 2.72 bits per heavy atom. The number of nitrogens with one attached hydrogen (secondary N) is 1. The van der Waals surface area contributed by atoms with Crippen LogP contribution in [0.1, 0.15) is 11.3 Å². The molecule has 0 aliphatic heterocycles. The molecule has 1 aromatic carbocycles. The highest BCUT2D eigenvalue weighted by molar-refractivity contribution is 5.99. The van der Waals surface area contributed by atoms with Crippen LogP contribution in [0.25, 0.3) is 22.2 Å². The Morgan fingerprint density at radius 2 is 2.06 bits per heavy atom. The third-order valence-corrected chi connectivity index (χ3v) is 3.44. The largest absolute Gasteiger partial charge is 0.395 e. The SMILES string of the molecule is Cc1nn(C)c(-c2c[nH]c3cccc(C)c23)c1N. The predicted octanol–water partition coefficient (Wildman–Crippen LogP) is 2.77. The Hall–Kier alpha value is -2.23. The van der Waals surface area contributed by atoms with E-state index in [4.69, 9.17) is 5.73 Å². The maximum atomic E-state index is 6.14. The van der Waals surface area contributed by atoms with Crippen molar-refractivity contribution in [2.24, 2.45) is 7.05 Å². The van der Waals surface area contributed by atoms with Gasteiger partial charge in [-0.25, -0.2) is 0 Å². The van der Waals surface area contributed by atoms with Crippen molar-refractivity contribution in [3.63, 3.8) is 0 Å². The summed E-state index contributed by atoms with van der Waals surface area (Å²) in [4.78, 5) is 3.29. The van der Waals surface area contributed by atoms with Crippen LogP contribution in [0.3, 0.4) is 0 Å². The molecule has 0 unspecified atom stereocenters. The number of aromatic amines is 1. The molecule has 0 saturated carbocycles. The van der Waals surface area contributed by atoms with Gasteiger partial charge in [0.25, 0.3) is 0 Å². The molecular weight excluding hydrogens is 224 g/mol. The number of nitrogen functional groups attached to an aromatic ring is 1. The summed E-state index contributed by atoms with van der Waals surface area (Å²) < 4.78 is 1.85. The number of hydrogen-bond acceptors (Lipinski definition) is 2. The quantitative estimate of drug-likeness (QED) is 0.687. The van der Waals surface area contributed by atoms with E-state index in [2.05, 4.69) is 35.2 Å². The molecule has 3 aromatic rings. The van der Waals surface area contributed by atoms with Crippen LogP contribution in [-0.4, -0.2) is 14.8 Å². The minimum absolute atomic E-state index is 0.752. The molecule has 4 nitrogen and oxygen atoms in total. The lowest BCUT2D eigenvalue weighted by Gasteiger charge is -2.04. The maximum Gasteiger partial charge on any atom is 0.0933 e. The number of H-pyrrole nitrogens is 1. The average molecular weight is 240 g/mol. The van der Waals surface area contributed by atoms with Gasteiger partial charge in [-0.1, -0.05) is 12.1 Å². The normalized spacial score (nSPS) is 11.3. The zero-order valence-electron chi connectivity index (χ0n) is 10.8. The summed E-state index contributed by atoms with van der Waals surface area (Å²) in [5, 5.41) is 5.60. The molecule has 2 aromatic heterocycles. The molecule has 0 fully saturated rings. The van der Waals surface area contributed by atoms with E-state index < -0.39 is 0 Å². The van der Waals surface area contributed by atoms with E-state index >= 15 is 0 Å². The van der Waals surface area contributed by atoms with E-state index in [-0.39, 0.29) is 0 Å². The van der Waals surface area contributed by atoms with Gasteiger partial charge in [-0.15, -0.1) is 0 Å². The topological polar surface area (TPSA) is 59.6 Å². The van der Waals surface area contributed by atoms with Gasteiger partial charge in [-0.3, -0.25) is 4.68 Å². The molecule has 4 heteroatoms. The second-order valence-electron chi connectivity index (χ2n) is 4.67. The van der Waals surface area contributed by atoms with Crippen LogP contribution in [0, 0.1) is 13.8 Å². The Morgan fingerprint density at radius 1 is 1.28 bits per heavy atom. The molecule has 0 aliphatic rings. The van der Waals surface area contributed by atoms with Crippen LogP contribution in [0.2, 0.25) is 0 Å². The summed E-state index contributed by atoms with van der Waals surface area (Å²) in [7, 11) is 1.93. The van der Waals surface area contributed by atoms with Gasteiger partial charge in [-0.2, -0.15) is 5.10 Å². The van der Waals surface area contributed by atoms with Gasteiger partial charge in [-0.05, 0) is 25.5 Å². The Balaban J connectivity index is 2.39. The van der Waals surface area contributed by atoms with Gasteiger partial charge in [0.05, 0.1) is 17.1 Å². The van der Waals surface area contributed by atoms with Gasteiger partial charge in [0.1, 0.15) is 0 Å². The molecule has 0 spiro atoms. The van der Waals surface area contributed by atoms with Crippen LogP contribution < -0.4 is 5.73 Å². The first kappa shape index (κ1) is 10.9. The maximum absolute atomic E-state index is 6.14. The third-order valence-electron chi connectivity index (χ3n) is 3.44. The van der Waals surface area contributed by atoms with Gasteiger partial charge in [0.15, 0.2) is 0 Å². The van der Waals surface area contributed by atoms with Gasteiger partial charge >= 0.3 is 0 Å². The number of hydrogen-bond donors (Lipinski definition) is 2. The highest BCUT2D eigenvalue weighted by atomic mass is 15.3. The zero-order chi connectivity index (χ0) is 12.9. The standard InChI is InChI=1S/C14H16N4/c1-8-5-4-6-11-12(8)10(7-16-11)14-13(15)9(2)17-18(14)3/h4-7,16H,15H2,1-3H3. The van der Waals surface area contributed by atoms with Crippen molar-refractivity contribution in [3.8, 4) is 11.3 Å². The summed E-state index contributed by atoms with van der Waals surface area (Å²) >= 11 is 0. The van der Waals surface area contributed by atoms with Crippen molar-refractivity contribution in [1.29, 1.82) is 0 Å². The van der Waals surface area contributed by atoms with Crippen molar-refractivity contribution in [3.05, 3.63) is 35.7 Å². The predicted molar refractivity (Wildman–Crippen MR) is 74.4 cm³/mol. The fraction of sp³-hybridized carbons (Fsp3) is 0.214. The summed E-state index contributed by atoms with van der Waals surface area (Å²) in [5.74, 6) is 0. The van der Waals surface area contributed by atoms with Crippen LogP contribution >= 0.6 is 0 Å². The molecule has 0 atom stereocenters. The number of aryl methyl sites for hydroxylation is 3. The third kappa shape index (κ3) is 1.35. The smallest absolute Gasteiger partial charge is 0.0933 e. The second-order valence-corrected chi connectivity index (χ2v) is 4.67. The van der Waals surface area contributed by atoms with Gasteiger partial charge in [0.2, 0.25) is 0 Å². The Bertz CT molecular complexity index is 734. The molecular formula is C14H16N4. The summed E-state index contributed by atoms with van der Waals surface area (Å²) in [5.41, 5.74) is 12.2. The van der Waals surface area contributed by atoms with E-state index in [9.17, 15) is 0 Å². The molecule has 0 radical (unpaired) electrons. The number of aromatic nitrogens is 3. The minimum atomic E-state index is 0.752. The van der Waals surface area contributed by atoms with Gasteiger partial charge < -0.3 is 10.7 Å². The van der Waals surface area contributed by atoms with Crippen molar-refractivity contribution in [2.45, 2.75) is 13.8 Å². The molecule has 3 N–H and O–H groups in total. The molecule has 0 aliphatic carbocycles. The van der Waals surface area contributed by atoms with Crippen LogP contribution in [0.4, 0.5) is 5.69 Å². The lowest BCUT2D eigenvalue weighted by molar-refractivity contribution is 0.764. The van der Waals surface area contributed by atoms with Crippen molar-refractivity contribution >= 4 is 16.6 Å². The zero-order valence-corrected chi connectivity index (χ0v) is 10.8. The van der Waals surface area contributed by atoms with Crippen LogP contribution in [0.15, 0.2) is 24.4 Å². The number of rotatable bonds is 1. The molecule has 3 rings (SSSR count). The fourth-order valence-corrected chi connectivity index (χ4v) is 2.55. The molecule has 0 amide bonds. The fourth-order valence-electron chi connectivity index (χ4n) is 2.55. The average Bonchev–Trinajstić information content (AvgIpc) is 2.83. The number of anilines is 1. The first-order valence-corrected chi connectivity index (χ1v) is 5.95.